The van der Waals surface area contributed by atoms with Gasteiger partial charge in [0, 0.05) is 18.6 Å². The molecule has 0 saturated carbocycles. The molecule has 0 atom stereocenters. The zero-order chi connectivity index (χ0) is 19.8. The van der Waals surface area contributed by atoms with Gasteiger partial charge in [-0.1, -0.05) is 35.9 Å². The Kier molecular flexibility index (Phi) is 5.22. The van der Waals surface area contributed by atoms with Crippen molar-refractivity contribution >= 4 is 43.9 Å². The minimum absolute atomic E-state index is 0.169. The molecule has 0 aliphatic heterocycles. The fourth-order valence-electron chi connectivity index (χ4n) is 3.12. The van der Waals surface area contributed by atoms with Crippen molar-refractivity contribution < 1.29 is 13.2 Å². The molecule has 2 aromatic carbocycles. The van der Waals surface area contributed by atoms with Crippen molar-refractivity contribution in [2.45, 2.75) is 25.3 Å². The van der Waals surface area contributed by atoms with E-state index in [1.165, 1.54) is 11.8 Å². The summed E-state index contributed by atoms with van der Waals surface area (Å²) in [7, 11) is -3.50. The third kappa shape index (κ3) is 4.12. The average Bonchev–Trinajstić information content (AvgIpc) is 2.57. The maximum Gasteiger partial charge on any atom is 0.224 e. The summed E-state index contributed by atoms with van der Waals surface area (Å²) in [6, 6.07) is 14.4. The lowest BCUT2D eigenvalue weighted by atomic mass is 10.1. The Balaban J connectivity index is 2.09. The van der Waals surface area contributed by atoms with E-state index in [9.17, 15) is 13.2 Å². The molecule has 27 heavy (non-hydrogen) atoms. The topological polar surface area (TPSA) is 67.3 Å². The summed E-state index contributed by atoms with van der Waals surface area (Å²) < 4.78 is 24.6. The normalized spacial score (nSPS) is 11.6. The fourth-order valence-corrected chi connectivity index (χ4v) is 4.48. The number of benzene rings is 2. The van der Waals surface area contributed by atoms with Crippen LogP contribution in [0.2, 0.25) is 5.15 Å². The summed E-state index contributed by atoms with van der Waals surface area (Å²) in [5.74, 6) is -0.246. The van der Waals surface area contributed by atoms with Crippen molar-refractivity contribution in [3.63, 3.8) is 0 Å². The predicted octanol–water partition coefficient (Wildman–Crippen LogP) is 4.15. The van der Waals surface area contributed by atoms with Gasteiger partial charge in [-0.3, -0.25) is 4.79 Å². The van der Waals surface area contributed by atoms with E-state index in [1.807, 2.05) is 24.3 Å². The molecule has 5 nitrogen and oxygen atoms in total. The second-order valence-electron chi connectivity index (χ2n) is 6.46. The largest absolute Gasteiger partial charge is 0.307 e. The number of fused-ring (bicyclic) bond motifs is 1. The molecule has 0 aliphatic rings. The Bertz CT molecular complexity index is 1140. The lowest BCUT2D eigenvalue weighted by Gasteiger charge is -2.24. The highest BCUT2D eigenvalue weighted by Crippen LogP contribution is 2.30. The van der Waals surface area contributed by atoms with Crippen LogP contribution in [0.5, 0.6) is 0 Å². The number of carbonyl (C=O) groups excluding carboxylic acids is 1. The Morgan fingerprint density at radius 1 is 1.15 bits per heavy atom. The van der Waals surface area contributed by atoms with Gasteiger partial charge < -0.3 is 4.90 Å². The van der Waals surface area contributed by atoms with E-state index in [-0.39, 0.29) is 17.3 Å². The second-order valence-corrected chi connectivity index (χ2v) is 8.80. The van der Waals surface area contributed by atoms with Crippen molar-refractivity contribution in [2.75, 3.05) is 11.2 Å². The van der Waals surface area contributed by atoms with Crippen LogP contribution in [0, 0.1) is 6.92 Å². The smallest absolute Gasteiger partial charge is 0.224 e. The summed E-state index contributed by atoms with van der Waals surface area (Å²) in [6.07, 6.45) is 1.15. The van der Waals surface area contributed by atoms with Crippen LogP contribution in [0.25, 0.3) is 10.9 Å². The predicted molar refractivity (Wildman–Crippen MR) is 108 cm³/mol. The van der Waals surface area contributed by atoms with Gasteiger partial charge in [-0.25, -0.2) is 13.4 Å². The Morgan fingerprint density at radius 3 is 2.52 bits per heavy atom. The van der Waals surface area contributed by atoms with E-state index in [2.05, 4.69) is 4.98 Å². The van der Waals surface area contributed by atoms with Gasteiger partial charge in [0.25, 0.3) is 0 Å². The first-order valence-corrected chi connectivity index (χ1v) is 10.6. The fraction of sp³-hybridized carbons (Fsp3) is 0.200. The van der Waals surface area contributed by atoms with Crippen LogP contribution in [0.3, 0.4) is 0 Å². The maximum absolute atomic E-state index is 12.4. The highest BCUT2D eigenvalue weighted by Gasteiger charge is 2.23. The molecular weight excluding hydrogens is 384 g/mol. The number of nitrogens with zero attached hydrogens (tertiary/aromatic N) is 2. The molecule has 0 saturated heterocycles. The average molecular weight is 403 g/mol. The van der Waals surface area contributed by atoms with Crippen LogP contribution in [0.1, 0.15) is 18.1 Å². The number of pyridine rings is 1. The van der Waals surface area contributed by atoms with Crippen LogP contribution in [0.15, 0.2) is 53.4 Å². The summed E-state index contributed by atoms with van der Waals surface area (Å²) in [5, 5.41) is 1.33. The van der Waals surface area contributed by atoms with E-state index in [1.54, 1.807) is 31.2 Å². The first-order chi connectivity index (χ1) is 12.7. The summed E-state index contributed by atoms with van der Waals surface area (Å²) in [4.78, 5) is 18.3. The molecule has 0 radical (unpaired) electrons. The molecule has 3 rings (SSSR count). The Labute approximate surface area is 163 Å². The monoisotopic (exact) mass is 402 g/mol. The molecule has 0 unspecified atom stereocenters. The third-order valence-corrected chi connectivity index (χ3v) is 5.78. The number of halogens is 1. The van der Waals surface area contributed by atoms with Crippen molar-refractivity contribution in [3.05, 3.63) is 64.8 Å². The molecule has 0 spiro atoms. The van der Waals surface area contributed by atoms with Crippen molar-refractivity contribution in [1.29, 1.82) is 0 Å². The minimum Gasteiger partial charge on any atom is -0.307 e. The van der Waals surface area contributed by atoms with Gasteiger partial charge in [-0.05, 0) is 42.3 Å². The summed E-state index contributed by atoms with van der Waals surface area (Å²) >= 11 is 5.97. The molecule has 7 heteroatoms. The number of rotatable bonds is 4. The molecule has 1 amide bonds. The van der Waals surface area contributed by atoms with E-state index < -0.39 is 9.84 Å². The zero-order valence-electron chi connectivity index (χ0n) is 15.2. The first-order valence-electron chi connectivity index (χ1n) is 8.30. The lowest BCUT2D eigenvalue weighted by Crippen LogP contribution is -2.29. The molecule has 140 valence electrons. The summed E-state index contributed by atoms with van der Waals surface area (Å²) in [5.41, 5.74) is 2.53. The maximum atomic E-state index is 12.4. The second kappa shape index (κ2) is 7.29. The molecule has 0 fully saturated rings. The number of hydrogen-bond acceptors (Lipinski definition) is 4. The number of hydrogen-bond donors (Lipinski definition) is 0. The Morgan fingerprint density at radius 2 is 1.85 bits per heavy atom. The molecule has 0 N–H and O–H groups in total. The van der Waals surface area contributed by atoms with E-state index in [0.29, 0.717) is 16.4 Å². The minimum atomic E-state index is -3.50. The van der Waals surface area contributed by atoms with Crippen LogP contribution >= 0.6 is 11.6 Å². The molecule has 0 bridgehead atoms. The highest BCUT2D eigenvalue weighted by atomic mass is 35.5. The van der Waals surface area contributed by atoms with Gasteiger partial charge in [0.1, 0.15) is 5.15 Å². The quantitative estimate of drug-likeness (QED) is 0.615. The molecular formula is C20H19ClN2O3S. The number of amides is 1. The van der Waals surface area contributed by atoms with Crippen LogP contribution in [-0.4, -0.2) is 25.6 Å². The zero-order valence-corrected chi connectivity index (χ0v) is 16.8. The van der Waals surface area contributed by atoms with Gasteiger partial charge in [-0.2, -0.15) is 0 Å². The standard InChI is InChI=1S/C20H19ClN2O3S/c1-13-5-4-6-18(20(13)27(3,25)26)23(14(2)24)12-15-7-8-16-9-10-19(21)22-17(16)11-15/h4-11H,12H2,1-3H3. The van der Waals surface area contributed by atoms with Crippen molar-refractivity contribution in [1.82, 2.24) is 4.98 Å². The van der Waals surface area contributed by atoms with E-state index >= 15 is 0 Å². The highest BCUT2D eigenvalue weighted by molar-refractivity contribution is 7.91. The SMILES string of the molecule is CC(=O)N(Cc1ccc2ccc(Cl)nc2c1)c1cccc(C)c1S(C)(=O)=O. The number of carbonyl (C=O) groups is 1. The summed E-state index contributed by atoms with van der Waals surface area (Å²) in [6.45, 7) is 3.37. The first kappa shape index (κ1) is 19.3. The Hall–Kier alpha value is -2.44. The van der Waals surface area contributed by atoms with Gasteiger partial charge >= 0.3 is 0 Å². The van der Waals surface area contributed by atoms with E-state index in [4.69, 9.17) is 11.6 Å². The molecule has 3 aromatic rings. The van der Waals surface area contributed by atoms with Crippen LogP contribution < -0.4 is 4.90 Å². The molecule has 1 aromatic heterocycles. The number of aromatic nitrogens is 1. The van der Waals surface area contributed by atoms with E-state index in [0.717, 1.165) is 22.7 Å². The van der Waals surface area contributed by atoms with Gasteiger partial charge in [-0.15, -0.1) is 0 Å². The third-order valence-electron chi connectivity index (χ3n) is 4.30. The van der Waals surface area contributed by atoms with Crippen molar-refractivity contribution in [3.8, 4) is 0 Å². The van der Waals surface area contributed by atoms with Crippen LogP contribution in [-0.2, 0) is 21.2 Å². The van der Waals surface area contributed by atoms with Gasteiger partial charge in [0.2, 0.25) is 5.91 Å². The lowest BCUT2D eigenvalue weighted by molar-refractivity contribution is -0.116. The van der Waals surface area contributed by atoms with Gasteiger partial charge in [0.15, 0.2) is 9.84 Å². The van der Waals surface area contributed by atoms with Gasteiger partial charge in [0.05, 0.1) is 22.6 Å². The number of aryl methyl sites for hydroxylation is 1. The van der Waals surface area contributed by atoms with Crippen LogP contribution in [0.4, 0.5) is 5.69 Å². The number of anilines is 1. The molecule has 0 aliphatic carbocycles. The molecule has 1 heterocycles. The van der Waals surface area contributed by atoms with Crippen molar-refractivity contribution in [2.24, 2.45) is 0 Å². The number of sulfone groups is 1.